The number of carbonyl (C=O) groups excluding carboxylic acids is 1. The molecule has 100 valence electrons. The minimum atomic E-state index is -0.379. The Morgan fingerprint density at radius 3 is 2.74 bits per heavy atom. The fourth-order valence-corrected chi connectivity index (χ4v) is 2.35. The molecule has 0 aliphatic carbocycles. The van der Waals surface area contributed by atoms with E-state index >= 15 is 0 Å². The molecule has 5 nitrogen and oxygen atoms in total. The molecule has 0 saturated heterocycles. The number of nitrogens with one attached hydrogen (secondary N) is 1. The molecule has 2 rings (SSSR count). The largest absolute Gasteiger partial charge is 0.487 e. The third-order valence-electron chi connectivity index (χ3n) is 2.46. The Hall–Kier alpha value is -2.08. The molecule has 0 aliphatic rings. The molecule has 1 heterocycles. The summed E-state index contributed by atoms with van der Waals surface area (Å²) in [5, 5.41) is 0. The Kier molecular flexibility index (Phi) is 4.35. The van der Waals surface area contributed by atoms with E-state index in [1.165, 1.54) is 7.11 Å². The van der Waals surface area contributed by atoms with Crippen LogP contribution in [0.3, 0.4) is 0 Å². The van der Waals surface area contributed by atoms with E-state index in [9.17, 15) is 9.59 Å². The minimum absolute atomic E-state index is 0.0768. The first-order valence-corrected chi connectivity index (χ1v) is 6.46. The van der Waals surface area contributed by atoms with Gasteiger partial charge in [-0.3, -0.25) is 9.59 Å². The number of esters is 1. The van der Waals surface area contributed by atoms with Crippen molar-refractivity contribution in [1.29, 1.82) is 0 Å². The van der Waals surface area contributed by atoms with Gasteiger partial charge >= 0.3 is 10.8 Å². The Bertz CT molecular complexity index is 603. The molecule has 0 bridgehead atoms. The van der Waals surface area contributed by atoms with Crippen molar-refractivity contribution in [1.82, 2.24) is 4.98 Å². The van der Waals surface area contributed by atoms with Crippen LogP contribution in [-0.4, -0.2) is 18.1 Å². The standard InChI is InChI=1S/C13H13NO4S/c1-17-12(15)7-11-10(14-13(16)19-11)8-18-9-5-3-2-4-6-9/h2-6H,7-8H2,1H3,(H,14,16). The van der Waals surface area contributed by atoms with E-state index in [1.807, 2.05) is 30.3 Å². The van der Waals surface area contributed by atoms with Gasteiger partial charge in [0.15, 0.2) is 0 Å². The molecular weight excluding hydrogens is 266 g/mol. The zero-order valence-corrected chi connectivity index (χ0v) is 11.2. The van der Waals surface area contributed by atoms with Crippen molar-refractivity contribution in [3.8, 4) is 5.75 Å². The summed E-state index contributed by atoms with van der Waals surface area (Å²) in [6, 6.07) is 9.26. The van der Waals surface area contributed by atoms with Crippen LogP contribution < -0.4 is 9.61 Å². The summed E-state index contributed by atoms with van der Waals surface area (Å²) in [6.45, 7) is 0.217. The Balaban J connectivity index is 2.07. The van der Waals surface area contributed by atoms with Gasteiger partial charge in [0, 0.05) is 4.88 Å². The maximum Gasteiger partial charge on any atom is 0.310 e. The van der Waals surface area contributed by atoms with E-state index in [1.54, 1.807) is 0 Å². The molecule has 0 atom stereocenters. The van der Waals surface area contributed by atoms with Gasteiger partial charge in [-0.2, -0.15) is 0 Å². The summed E-state index contributed by atoms with van der Waals surface area (Å²) in [7, 11) is 1.32. The van der Waals surface area contributed by atoms with Gasteiger partial charge < -0.3 is 14.5 Å². The number of aromatic amines is 1. The van der Waals surface area contributed by atoms with Crippen molar-refractivity contribution in [2.75, 3.05) is 7.11 Å². The topological polar surface area (TPSA) is 68.4 Å². The van der Waals surface area contributed by atoms with Crippen LogP contribution in [0.15, 0.2) is 35.1 Å². The monoisotopic (exact) mass is 279 g/mol. The van der Waals surface area contributed by atoms with Crippen molar-refractivity contribution in [3.05, 3.63) is 50.6 Å². The quantitative estimate of drug-likeness (QED) is 0.846. The number of thiazole rings is 1. The molecule has 0 unspecified atom stereocenters. The van der Waals surface area contributed by atoms with Gasteiger partial charge in [0.05, 0.1) is 19.2 Å². The number of aromatic nitrogens is 1. The third kappa shape index (κ3) is 3.69. The molecule has 0 radical (unpaired) electrons. The summed E-state index contributed by atoms with van der Waals surface area (Å²) in [5.41, 5.74) is 0.615. The minimum Gasteiger partial charge on any atom is -0.487 e. The normalized spacial score (nSPS) is 10.2. The van der Waals surface area contributed by atoms with E-state index in [0.717, 1.165) is 11.3 Å². The summed E-state index contributed by atoms with van der Waals surface area (Å²) < 4.78 is 10.1. The van der Waals surface area contributed by atoms with Crippen LogP contribution in [0, 0.1) is 0 Å². The van der Waals surface area contributed by atoms with E-state index in [4.69, 9.17) is 4.74 Å². The second-order valence-electron chi connectivity index (χ2n) is 3.77. The maximum atomic E-state index is 11.3. The van der Waals surface area contributed by atoms with Crippen molar-refractivity contribution in [2.24, 2.45) is 0 Å². The van der Waals surface area contributed by atoms with Gasteiger partial charge in [-0.05, 0) is 12.1 Å². The van der Waals surface area contributed by atoms with Gasteiger partial charge in [-0.25, -0.2) is 0 Å². The molecule has 0 saturated carbocycles. The van der Waals surface area contributed by atoms with Gasteiger partial charge in [0.1, 0.15) is 12.4 Å². The molecule has 0 aliphatic heterocycles. The first-order valence-electron chi connectivity index (χ1n) is 5.64. The predicted molar refractivity (Wildman–Crippen MR) is 71.4 cm³/mol. The number of ether oxygens (including phenoxy) is 2. The van der Waals surface area contributed by atoms with Crippen molar-refractivity contribution in [2.45, 2.75) is 13.0 Å². The van der Waals surface area contributed by atoms with Gasteiger partial charge in [0.25, 0.3) is 0 Å². The highest BCUT2D eigenvalue weighted by atomic mass is 32.1. The van der Waals surface area contributed by atoms with Crippen LogP contribution >= 0.6 is 11.3 Å². The number of carbonyl (C=O) groups is 1. The van der Waals surface area contributed by atoms with E-state index in [0.29, 0.717) is 16.3 Å². The van der Waals surface area contributed by atoms with E-state index < -0.39 is 0 Å². The number of rotatable bonds is 5. The molecule has 1 aromatic carbocycles. The van der Waals surface area contributed by atoms with E-state index in [2.05, 4.69) is 9.72 Å². The van der Waals surface area contributed by atoms with Crippen LogP contribution in [0.1, 0.15) is 10.6 Å². The summed E-state index contributed by atoms with van der Waals surface area (Å²) >= 11 is 1.00. The average Bonchev–Trinajstić information content (AvgIpc) is 2.77. The summed E-state index contributed by atoms with van der Waals surface area (Å²) in [6.07, 6.45) is 0.0768. The number of H-pyrrole nitrogens is 1. The number of para-hydroxylation sites is 1. The second-order valence-corrected chi connectivity index (χ2v) is 4.84. The highest BCUT2D eigenvalue weighted by Crippen LogP contribution is 2.15. The lowest BCUT2D eigenvalue weighted by Crippen LogP contribution is -2.07. The molecule has 2 aromatic rings. The zero-order valence-electron chi connectivity index (χ0n) is 10.3. The first kappa shape index (κ1) is 13.4. The van der Waals surface area contributed by atoms with Gasteiger partial charge in [-0.1, -0.05) is 29.5 Å². The van der Waals surface area contributed by atoms with Gasteiger partial charge in [0.2, 0.25) is 0 Å². The average molecular weight is 279 g/mol. The third-order valence-corrected chi connectivity index (χ3v) is 3.39. The van der Waals surface area contributed by atoms with Crippen molar-refractivity contribution < 1.29 is 14.3 Å². The van der Waals surface area contributed by atoms with Crippen LogP contribution in [0.5, 0.6) is 5.75 Å². The number of hydrogen-bond donors (Lipinski definition) is 1. The predicted octanol–water partition coefficient (Wildman–Crippen LogP) is 1.73. The maximum absolute atomic E-state index is 11.3. The Labute approximate surface area is 113 Å². The molecule has 0 spiro atoms. The summed E-state index contributed by atoms with van der Waals surface area (Å²) in [5.74, 6) is 0.328. The summed E-state index contributed by atoms with van der Waals surface area (Å²) in [4.78, 5) is 25.7. The number of methoxy groups -OCH3 is 1. The smallest absolute Gasteiger partial charge is 0.310 e. The van der Waals surface area contributed by atoms with Crippen LogP contribution in [-0.2, 0) is 22.6 Å². The molecule has 19 heavy (non-hydrogen) atoms. The first-order chi connectivity index (χ1) is 9.19. The lowest BCUT2D eigenvalue weighted by atomic mass is 10.3. The molecule has 6 heteroatoms. The SMILES string of the molecule is COC(=O)Cc1sc(=O)[nH]c1COc1ccccc1. The number of hydrogen-bond acceptors (Lipinski definition) is 5. The number of benzene rings is 1. The fraction of sp³-hybridized carbons (Fsp3) is 0.231. The van der Waals surface area contributed by atoms with Crippen LogP contribution in [0.4, 0.5) is 0 Å². The Morgan fingerprint density at radius 1 is 1.32 bits per heavy atom. The second kappa shape index (κ2) is 6.19. The fourth-order valence-electron chi connectivity index (χ4n) is 1.53. The highest BCUT2D eigenvalue weighted by Gasteiger charge is 2.13. The van der Waals surface area contributed by atoms with Crippen LogP contribution in [0.25, 0.3) is 0 Å². The Morgan fingerprint density at radius 2 is 2.05 bits per heavy atom. The molecule has 0 fully saturated rings. The molecule has 0 amide bonds. The van der Waals surface area contributed by atoms with Crippen molar-refractivity contribution >= 4 is 17.3 Å². The lowest BCUT2D eigenvalue weighted by molar-refractivity contribution is -0.139. The molecule has 1 aromatic heterocycles. The molecule has 1 N–H and O–H groups in total. The van der Waals surface area contributed by atoms with Crippen molar-refractivity contribution in [3.63, 3.8) is 0 Å². The molecular formula is C13H13NO4S. The van der Waals surface area contributed by atoms with Crippen LogP contribution in [0.2, 0.25) is 0 Å². The lowest BCUT2D eigenvalue weighted by Gasteiger charge is -2.05. The van der Waals surface area contributed by atoms with E-state index in [-0.39, 0.29) is 23.9 Å². The van der Waals surface area contributed by atoms with Gasteiger partial charge in [-0.15, -0.1) is 0 Å². The highest BCUT2D eigenvalue weighted by molar-refractivity contribution is 7.09. The zero-order chi connectivity index (χ0) is 13.7.